The number of aromatic carboxylic acids is 1. The molecule has 1 atom stereocenters. The molecule has 35 heavy (non-hydrogen) atoms. The van der Waals surface area contributed by atoms with Crippen LogP contribution in [0.3, 0.4) is 0 Å². The molecule has 0 fully saturated rings. The Morgan fingerprint density at radius 3 is 2.57 bits per heavy atom. The molecule has 0 bridgehead atoms. The van der Waals surface area contributed by atoms with E-state index in [1.54, 1.807) is 12.1 Å². The number of aryl methyl sites for hydroxylation is 1. The third kappa shape index (κ3) is 4.64. The van der Waals surface area contributed by atoms with Gasteiger partial charge in [-0.05, 0) is 59.5 Å². The molecule has 0 aliphatic rings. The predicted molar refractivity (Wildman–Crippen MR) is 137 cm³/mol. The predicted octanol–water partition coefficient (Wildman–Crippen LogP) is 6.66. The Labute approximate surface area is 203 Å². The van der Waals surface area contributed by atoms with Gasteiger partial charge in [0, 0.05) is 17.8 Å². The minimum Gasteiger partial charge on any atom is -0.478 e. The van der Waals surface area contributed by atoms with Crippen molar-refractivity contribution in [1.29, 1.82) is 0 Å². The number of carboxylic acid groups (broad SMARTS) is 1. The lowest BCUT2D eigenvalue weighted by Crippen LogP contribution is -2.02. The van der Waals surface area contributed by atoms with Crippen LogP contribution in [0.5, 0.6) is 0 Å². The van der Waals surface area contributed by atoms with Crippen molar-refractivity contribution in [3.05, 3.63) is 113 Å². The quantitative estimate of drug-likeness (QED) is 0.281. The van der Waals surface area contributed by atoms with Crippen molar-refractivity contribution < 1.29 is 14.4 Å². The number of nitrogens with one attached hydrogen (secondary N) is 1. The van der Waals surface area contributed by atoms with Gasteiger partial charge in [-0.1, -0.05) is 71.9 Å². The minimum atomic E-state index is -0.928. The van der Waals surface area contributed by atoms with E-state index in [1.165, 1.54) is 10.8 Å². The fourth-order valence-corrected chi connectivity index (χ4v) is 4.20. The largest absolute Gasteiger partial charge is 0.478 e. The average molecular weight is 464 g/mol. The molecule has 5 aromatic rings. The Balaban J connectivity index is 1.36. The fourth-order valence-electron chi connectivity index (χ4n) is 4.20. The van der Waals surface area contributed by atoms with Gasteiger partial charge >= 0.3 is 5.97 Å². The fraction of sp³-hybridized carbons (Fsp3) is 0.138. The number of aromatic nitrogens is 2. The second-order valence-electron chi connectivity index (χ2n) is 8.63. The summed E-state index contributed by atoms with van der Waals surface area (Å²) >= 11 is 0. The zero-order valence-corrected chi connectivity index (χ0v) is 19.5. The van der Waals surface area contributed by atoms with Crippen LogP contribution in [-0.4, -0.2) is 21.2 Å². The summed E-state index contributed by atoms with van der Waals surface area (Å²) in [6, 6.07) is 27.4. The molecule has 6 heteroatoms. The molecule has 0 radical (unpaired) electrons. The first-order chi connectivity index (χ1) is 17.0. The number of carbonyl (C=O) groups is 1. The third-order valence-electron chi connectivity index (χ3n) is 6.28. The molecule has 0 aliphatic carbocycles. The third-order valence-corrected chi connectivity index (χ3v) is 6.28. The number of fused-ring (bicyclic) bond motifs is 1. The number of hydrogen-bond acceptors (Lipinski definition) is 5. The van der Waals surface area contributed by atoms with E-state index in [9.17, 15) is 4.79 Å². The minimum absolute atomic E-state index is 0.0424. The number of rotatable bonds is 7. The number of benzene rings is 4. The van der Waals surface area contributed by atoms with Crippen LogP contribution in [0.2, 0.25) is 0 Å². The molecule has 0 saturated carbocycles. The van der Waals surface area contributed by atoms with Crippen molar-refractivity contribution in [2.45, 2.75) is 26.3 Å². The molecule has 0 aliphatic heterocycles. The molecule has 1 unspecified atom stereocenters. The number of anilines is 1. The van der Waals surface area contributed by atoms with Crippen molar-refractivity contribution >= 4 is 22.4 Å². The maximum Gasteiger partial charge on any atom is 0.335 e. The van der Waals surface area contributed by atoms with E-state index in [-0.39, 0.29) is 11.5 Å². The molecule has 5 rings (SSSR count). The van der Waals surface area contributed by atoms with Crippen LogP contribution in [0, 0.1) is 6.92 Å². The normalized spacial score (nSPS) is 11.9. The molecule has 6 nitrogen and oxygen atoms in total. The lowest BCUT2D eigenvalue weighted by molar-refractivity contribution is 0.0697. The lowest BCUT2D eigenvalue weighted by atomic mass is 9.95. The summed E-state index contributed by atoms with van der Waals surface area (Å²) in [6.07, 6.45) is 0. The molecule has 0 saturated heterocycles. The summed E-state index contributed by atoms with van der Waals surface area (Å²) < 4.78 is 5.68. The highest BCUT2D eigenvalue weighted by atomic mass is 16.5. The molecule has 0 spiro atoms. The molecule has 4 aromatic carbocycles. The highest BCUT2D eigenvalue weighted by Crippen LogP contribution is 2.31. The van der Waals surface area contributed by atoms with Crippen molar-refractivity contribution in [3.63, 3.8) is 0 Å². The molecular weight excluding hydrogens is 438 g/mol. The summed E-state index contributed by atoms with van der Waals surface area (Å²) in [5, 5.41) is 19.1. The Kier molecular flexibility index (Phi) is 6.02. The van der Waals surface area contributed by atoms with Crippen LogP contribution in [0.25, 0.3) is 22.2 Å². The summed E-state index contributed by atoms with van der Waals surface area (Å²) in [5.41, 5.74) is 5.32. The monoisotopic (exact) mass is 463 g/mol. The van der Waals surface area contributed by atoms with E-state index < -0.39 is 5.97 Å². The van der Waals surface area contributed by atoms with Crippen molar-refractivity contribution in [1.82, 2.24) is 10.1 Å². The van der Waals surface area contributed by atoms with Crippen LogP contribution >= 0.6 is 0 Å². The van der Waals surface area contributed by atoms with E-state index in [4.69, 9.17) is 14.6 Å². The number of carboxylic acids is 1. The summed E-state index contributed by atoms with van der Waals surface area (Å²) in [4.78, 5) is 15.8. The van der Waals surface area contributed by atoms with E-state index in [2.05, 4.69) is 47.7 Å². The van der Waals surface area contributed by atoms with Gasteiger partial charge in [0.1, 0.15) is 0 Å². The average Bonchev–Trinajstić information content (AvgIpc) is 3.38. The standard InChI is InChI=1S/C29H25N3O3/c1-18-10-13-23(16-26(18)30-17-20-11-14-22(15-12-20)29(33)34)27-31-28(35-32-27)19(2)24-9-5-7-21-6-3-4-8-25(21)24/h3-16,19,30H,17H2,1-2H3,(H,33,34). The summed E-state index contributed by atoms with van der Waals surface area (Å²) in [7, 11) is 0. The van der Waals surface area contributed by atoms with Gasteiger partial charge in [0.2, 0.25) is 11.7 Å². The summed E-state index contributed by atoms with van der Waals surface area (Å²) in [6.45, 7) is 4.68. The number of nitrogens with zero attached hydrogens (tertiary/aromatic N) is 2. The number of hydrogen-bond donors (Lipinski definition) is 2. The van der Waals surface area contributed by atoms with E-state index >= 15 is 0 Å². The van der Waals surface area contributed by atoms with Gasteiger partial charge in [0.05, 0.1) is 11.5 Å². The lowest BCUT2D eigenvalue weighted by Gasteiger charge is -2.11. The van der Waals surface area contributed by atoms with E-state index in [0.29, 0.717) is 18.3 Å². The van der Waals surface area contributed by atoms with Gasteiger partial charge in [-0.2, -0.15) is 4.98 Å². The van der Waals surface area contributed by atoms with E-state index in [0.717, 1.165) is 27.9 Å². The van der Waals surface area contributed by atoms with Crippen molar-refractivity contribution in [2.75, 3.05) is 5.32 Å². The van der Waals surface area contributed by atoms with Crippen LogP contribution in [0.15, 0.2) is 89.5 Å². The second kappa shape index (κ2) is 9.43. The zero-order valence-electron chi connectivity index (χ0n) is 19.5. The molecule has 1 aromatic heterocycles. The van der Waals surface area contributed by atoms with Gasteiger partial charge < -0.3 is 14.9 Å². The van der Waals surface area contributed by atoms with Crippen molar-refractivity contribution in [2.24, 2.45) is 0 Å². The maximum atomic E-state index is 11.1. The van der Waals surface area contributed by atoms with E-state index in [1.807, 2.05) is 49.4 Å². The Morgan fingerprint density at radius 1 is 1.00 bits per heavy atom. The second-order valence-corrected chi connectivity index (χ2v) is 8.63. The SMILES string of the molecule is Cc1ccc(-c2noc(C(C)c3cccc4ccccc34)n2)cc1NCc1ccc(C(=O)O)cc1. The van der Waals surface area contributed by atoms with Crippen molar-refractivity contribution in [3.8, 4) is 11.4 Å². The highest BCUT2D eigenvalue weighted by Gasteiger charge is 2.19. The van der Waals surface area contributed by atoms with Gasteiger partial charge in [0.15, 0.2) is 0 Å². The van der Waals surface area contributed by atoms with Gasteiger partial charge in [-0.25, -0.2) is 4.79 Å². The summed E-state index contributed by atoms with van der Waals surface area (Å²) in [5.74, 6) is 0.146. The zero-order chi connectivity index (χ0) is 24.4. The molecule has 0 amide bonds. The van der Waals surface area contributed by atoms with Crippen LogP contribution in [0.4, 0.5) is 5.69 Å². The van der Waals surface area contributed by atoms with Crippen LogP contribution in [0.1, 0.15) is 45.8 Å². The van der Waals surface area contributed by atoms with Crippen LogP contribution in [-0.2, 0) is 6.54 Å². The smallest absolute Gasteiger partial charge is 0.335 e. The highest BCUT2D eigenvalue weighted by molar-refractivity contribution is 5.87. The first-order valence-electron chi connectivity index (χ1n) is 11.5. The molecule has 2 N–H and O–H groups in total. The first-order valence-corrected chi connectivity index (χ1v) is 11.5. The Hall–Kier alpha value is -4.45. The first kappa shape index (κ1) is 22.3. The molecule has 1 heterocycles. The van der Waals surface area contributed by atoms with Gasteiger partial charge in [-0.15, -0.1) is 0 Å². The van der Waals surface area contributed by atoms with Gasteiger partial charge in [-0.3, -0.25) is 0 Å². The Bertz CT molecular complexity index is 1500. The Morgan fingerprint density at radius 2 is 1.77 bits per heavy atom. The molecule has 174 valence electrons. The van der Waals surface area contributed by atoms with Crippen LogP contribution < -0.4 is 5.32 Å². The maximum absolute atomic E-state index is 11.1. The van der Waals surface area contributed by atoms with Gasteiger partial charge in [0.25, 0.3) is 0 Å². The topological polar surface area (TPSA) is 88.3 Å². The molecular formula is C29H25N3O3.